The van der Waals surface area contributed by atoms with Gasteiger partial charge >= 0.3 is 0 Å². The summed E-state index contributed by atoms with van der Waals surface area (Å²) in [5, 5.41) is 0. The van der Waals surface area contributed by atoms with E-state index in [4.69, 9.17) is 4.74 Å². The fourth-order valence-corrected chi connectivity index (χ4v) is 5.06. The Morgan fingerprint density at radius 3 is 2.58 bits per heavy atom. The summed E-state index contributed by atoms with van der Waals surface area (Å²) in [4.78, 5) is 33.5. The maximum absolute atomic E-state index is 12.9. The van der Waals surface area contributed by atoms with Gasteiger partial charge in [-0.3, -0.25) is 9.59 Å². The lowest BCUT2D eigenvalue weighted by molar-refractivity contribution is -0.133. The standard InChI is InChI=1S/C19H25N3O3S/c23-18(14-7-8-17(20-11-14)25-15-5-1-2-6-15)22-13-26-12-16(22)19(24)21-9-3-4-10-21/h7-8,11,15-16H,1-6,9-10,12-13H2. The SMILES string of the molecule is O=C(C1CSCN1C(=O)c1ccc(OC2CCCC2)nc1)N1CCCC1. The Hall–Kier alpha value is -1.76. The molecule has 2 saturated heterocycles. The van der Waals surface area contributed by atoms with Crippen LogP contribution in [0.15, 0.2) is 18.3 Å². The van der Waals surface area contributed by atoms with E-state index < -0.39 is 0 Å². The molecule has 0 radical (unpaired) electrons. The van der Waals surface area contributed by atoms with Gasteiger partial charge in [0.25, 0.3) is 5.91 Å². The van der Waals surface area contributed by atoms with Gasteiger partial charge in [0.15, 0.2) is 0 Å². The Kier molecular flexibility index (Phi) is 5.33. The molecule has 1 aromatic rings. The highest BCUT2D eigenvalue weighted by Crippen LogP contribution is 2.27. The van der Waals surface area contributed by atoms with Crippen molar-refractivity contribution in [2.75, 3.05) is 24.7 Å². The maximum Gasteiger partial charge on any atom is 0.256 e. The molecule has 2 amide bonds. The monoisotopic (exact) mass is 375 g/mol. The van der Waals surface area contributed by atoms with Gasteiger partial charge in [0.1, 0.15) is 12.1 Å². The van der Waals surface area contributed by atoms with Crippen LogP contribution in [0.3, 0.4) is 0 Å². The molecule has 3 heterocycles. The van der Waals surface area contributed by atoms with Crippen molar-refractivity contribution in [2.45, 2.75) is 50.7 Å². The third kappa shape index (κ3) is 3.68. The van der Waals surface area contributed by atoms with Crippen molar-refractivity contribution in [3.05, 3.63) is 23.9 Å². The summed E-state index contributed by atoms with van der Waals surface area (Å²) in [6.45, 7) is 1.63. The lowest BCUT2D eigenvalue weighted by atomic mass is 10.2. The largest absolute Gasteiger partial charge is 0.474 e. The molecule has 1 aromatic heterocycles. The number of thioether (sulfide) groups is 1. The number of rotatable bonds is 4. The molecule has 1 atom stereocenters. The van der Waals surface area contributed by atoms with Crippen molar-refractivity contribution in [1.82, 2.24) is 14.8 Å². The minimum atomic E-state index is -0.347. The lowest BCUT2D eigenvalue weighted by Gasteiger charge is -2.27. The molecule has 1 saturated carbocycles. The Balaban J connectivity index is 1.41. The summed E-state index contributed by atoms with van der Waals surface area (Å²) in [5.74, 6) is 1.79. The fourth-order valence-electron chi connectivity index (χ4n) is 3.91. The molecule has 0 bridgehead atoms. The number of carbonyl (C=O) groups excluding carboxylic acids is 2. The Morgan fingerprint density at radius 2 is 1.88 bits per heavy atom. The minimum absolute atomic E-state index is 0.0926. The molecule has 7 heteroatoms. The van der Waals surface area contributed by atoms with Crippen molar-refractivity contribution >= 4 is 23.6 Å². The van der Waals surface area contributed by atoms with Crippen LogP contribution in [0, 0.1) is 0 Å². The quantitative estimate of drug-likeness (QED) is 0.809. The van der Waals surface area contributed by atoms with E-state index >= 15 is 0 Å². The molecule has 4 rings (SSSR count). The van der Waals surface area contributed by atoms with Crippen LogP contribution in [-0.2, 0) is 4.79 Å². The number of aromatic nitrogens is 1. The van der Waals surface area contributed by atoms with Gasteiger partial charge in [0.2, 0.25) is 11.8 Å². The zero-order valence-electron chi connectivity index (χ0n) is 14.9. The first kappa shape index (κ1) is 17.6. The smallest absolute Gasteiger partial charge is 0.256 e. The summed E-state index contributed by atoms with van der Waals surface area (Å²) >= 11 is 1.64. The van der Waals surface area contributed by atoms with E-state index in [2.05, 4.69) is 4.98 Å². The van der Waals surface area contributed by atoms with Gasteiger partial charge in [0, 0.05) is 31.1 Å². The van der Waals surface area contributed by atoms with E-state index in [9.17, 15) is 9.59 Å². The molecule has 26 heavy (non-hydrogen) atoms. The molecule has 0 spiro atoms. The first-order valence-electron chi connectivity index (χ1n) is 9.52. The van der Waals surface area contributed by atoms with Crippen molar-refractivity contribution in [2.24, 2.45) is 0 Å². The van der Waals surface area contributed by atoms with Gasteiger partial charge in [0.05, 0.1) is 11.4 Å². The number of ether oxygens (including phenoxy) is 1. The van der Waals surface area contributed by atoms with Gasteiger partial charge in [-0.15, -0.1) is 11.8 Å². The summed E-state index contributed by atoms with van der Waals surface area (Å²) < 4.78 is 5.86. The minimum Gasteiger partial charge on any atom is -0.474 e. The second kappa shape index (κ2) is 7.86. The summed E-state index contributed by atoms with van der Waals surface area (Å²) in [5.41, 5.74) is 0.519. The van der Waals surface area contributed by atoms with E-state index in [0.717, 1.165) is 38.8 Å². The second-order valence-corrected chi connectivity index (χ2v) is 8.23. The number of hydrogen-bond acceptors (Lipinski definition) is 5. The predicted molar refractivity (Wildman–Crippen MR) is 100 cm³/mol. The van der Waals surface area contributed by atoms with E-state index in [1.54, 1.807) is 35.0 Å². The normalized spacial score (nSPS) is 23.6. The molecule has 3 aliphatic rings. The Bertz CT molecular complexity index is 654. The van der Waals surface area contributed by atoms with Gasteiger partial charge in [-0.05, 0) is 44.6 Å². The average molecular weight is 375 g/mol. The highest BCUT2D eigenvalue weighted by atomic mass is 32.2. The third-order valence-electron chi connectivity index (χ3n) is 5.42. The topological polar surface area (TPSA) is 62.7 Å². The van der Waals surface area contributed by atoms with Crippen LogP contribution in [0.1, 0.15) is 48.9 Å². The van der Waals surface area contributed by atoms with E-state index in [1.807, 2.05) is 4.90 Å². The molecular weight excluding hydrogens is 350 g/mol. The van der Waals surface area contributed by atoms with Crippen LogP contribution in [0.2, 0.25) is 0 Å². The van der Waals surface area contributed by atoms with Gasteiger partial charge in [-0.2, -0.15) is 0 Å². The van der Waals surface area contributed by atoms with E-state index in [1.165, 1.54) is 12.8 Å². The maximum atomic E-state index is 12.9. The number of amides is 2. The van der Waals surface area contributed by atoms with Crippen molar-refractivity contribution < 1.29 is 14.3 Å². The van der Waals surface area contributed by atoms with Gasteiger partial charge < -0.3 is 14.5 Å². The highest BCUT2D eigenvalue weighted by molar-refractivity contribution is 7.99. The van der Waals surface area contributed by atoms with Crippen LogP contribution >= 0.6 is 11.8 Å². The highest BCUT2D eigenvalue weighted by Gasteiger charge is 2.38. The number of pyridine rings is 1. The number of hydrogen-bond donors (Lipinski definition) is 0. The molecule has 3 fully saturated rings. The molecule has 1 aliphatic carbocycles. The van der Waals surface area contributed by atoms with E-state index in [-0.39, 0.29) is 24.0 Å². The second-order valence-electron chi connectivity index (χ2n) is 7.23. The molecule has 0 aromatic carbocycles. The molecular formula is C19H25N3O3S. The molecule has 2 aliphatic heterocycles. The van der Waals surface area contributed by atoms with Crippen LogP contribution in [0.4, 0.5) is 0 Å². The third-order valence-corrected chi connectivity index (χ3v) is 6.43. The van der Waals surface area contributed by atoms with E-state index in [0.29, 0.717) is 23.1 Å². The number of nitrogens with zero attached hydrogens (tertiary/aromatic N) is 3. The van der Waals surface area contributed by atoms with Crippen LogP contribution in [0.5, 0.6) is 5.88 Å². The molecule has 6 nitrogen and oxygen atoms in total. The Labute approximate surface area is 158 Å². The van der Waals surface area contributed by atoms with Crippen molar-refractivity contribution in [3.8, 4) is 5.88 Å². The van der Waals surface area contributed by atoms with Crippen LogP contribution < -0.4 is 4.74 Å². The molecule has 1 unspecified atom stereocenters. The summed E-state index contributed by atoms with van der Waals surface area (Å²) in [6.07, 6.45) is 8.52. The first-order chi connectivity index (χ1) is 12.7. The Morgan fingerprint density at radius 1 is 1.12 bits per heavy atom. The average Bonchev–Trinajstić information content (AvgIpc) is 3.42. The zero-order chi connectivity index (χ0) is 17.9. The number of carbonyl (C=O) groups is 2. The van der Waals surface area contributed by atoms with Crippen molar-refractivity contribution in [1.29, 1.82) is 0 Å². The van der Waals surface area contributed by atoms with Gasteiger partial charge in [-0.1, -0.05) is 0 Å². The number of likely N-dealkylation sites (tertiary alicyclic amines) is 1. The zero-order valence-corrected chi connectivity index (χ0v) is 15.7. The molecule has 140 valence electrons. The summed E-state index contributed by atoms with van der Waals surface area (Å²) in [6, 6.07) is 3.19. The fraction of sp³-hybridized carbons (Fsp3) is 0.632. The summed E-state index contributed by atoms with van der Waals surface area (Å²) in [7, 11) is 0. The van der Waals surface area contributed by atoms with Gasteiger partial charge in [-0.25, -0.2) is 4.98 Å². The van der Waals surface area contributed by atoms with Crippen LogP contribution in [0.25, 0.3) is 0 Å². The predicted octanol–water partition coefficient (Wildman–Crippen LogP) is 2.54. The van der Waals surface area contributed by atoms with Crippen molar-refractivity contribution in [3.63, 3.8) is 0 Å². The van der Waals surface area contributed by atoms with Crippen LogP contribution in [-0.4, -0.2) is 63.5 Å². The lowest BCUT2D eigenvalue weighted by Crippen LogP contribution is -2.48. The molecule has 0 N–H and O–H groups in total. The first-order valence-corrected chi connectivity index (χ1v) is 10.7.